The molecule has 32 heavy (non-hydrogen) atoms. The predicted octanol–water partition coefficient (Wildman–Crippen LogP) is 4.50. The molecule has 9 heteroatoms. The van der Waals surface area contributed by atoms with Gasteiger partial charge in [-0.25, -0.2) is 0 Å². The molecule has 1 aliphatic rings. The van der Waals surface area contributed by atoms with Crippen LogP contribution in [0.5, 0.6) is 5.75 Å². The van der Waals surface area contributed by atoms with Crippen LogP contribution in [0.1, 0.15) is 28.8 Å². The van der Waals surface area contributed by atoms with E-state index >= 15 is 0 Å². The van der Waals surface area contributed by atoms with Gasteiger partial charge in [0, 0.05) is 30.8 Å². The number of hydrogen-bond acceptors (Lipinski definition) is 4. The highest BCUT2D eigenvalue weighted by Crippen LogP contribution is 2.30. The zero-order valence-corrected chi connectivity index (χ0v) is 17.4. The molecule has 1 amide bonds. The number of benzene rings is 2. The number of carbonyl (C=O) groups is 1. The molecule has 2 N–H and O–H groups in total. The number of halogens is 3. The van der Waals surface area contributed by atoms with E-state index in [2.05, 4.69) is 20.4 Å². The summed E-state index contributed by atoms with van der Waals surface area (Å²) in [5, 5.41) is 10.3. The lowest BCUT2D eigenvalue weighted by Crippen LogP contribution is -2.48. The van der Waals surface area contributed by atoms with E-state index in [9.17, 15) is 18.0 Å². The van der Waals surface area contributed by atoms with Gasteiger partial charge in [0.05, 0.1) is 18.4 Å². The second kappa shape index (κ2) is 8.94. The fraction of sp³-hybridized carbons (Fsp3) is 0.304. The average molecular weight is 444 g/mol. The number of hydrogen-bond donors (Lipinski definition) is 2. The number of aromatic nitrogens is 2. The van der Waals surface area contributed by atoms with Crippen molar-refractivity contribution in [2.45, 2.75) is 25.1 Å². The van der Waals surface area contributed by atoms with E-state index in [4.69, 9.17) is 4.74 Å². The van der Waals surface area contributed by atoms with Crippen LogP contribution in [0.25, 0.3) is 11.3 Å². The molecule has 1 unspecified atom stereocenters. The van der Waals surface area contributed by atoms with Gasteiger partial charge in [-0.2, -0.15) is 18.3 Å². The fourth-order valence-corrected chi connectivity index (χ4v) is 3.80. The number of aromatic amines is 1. The Morgan fingerprint density at radius 1 is 1.19 bits per heavy atom. The Morgan fingerprint density at radius 2 is 1.97 bits per heavy atom. The van der Waals surface area contributed by atoms with Gasteiger partial charge < -0.3 is 15.0 Å². The number of nitrogens with one attached hydrogen (secondary N) is 2. The summed E-state index contributed by atoms with van der Waals surface area (Å²) < 4.78 is 44.0. The molecular weight excluding hydrogens is 421 g/mol. The van der Waals surface area contributed by atoms with E-state index in [-0.39, 0.29) is 11.6 Å². The van der Waals surface area contributed by atoms with Crippen molar-refractivity contribution >= 4 is 11.7 Å². The molecule has 168 valence electrons. The fourth-order valence-electron chi connectivity index (χ4n) is 3.80. The molecule has 0 saturated carbocycles. The minimum Gasteiger partial charge on any atom is -0.497 e. The van der Waals surface area contributed by atoms with Gasteiger partial charge in [0.1, 0.15) is 5.75 Å². The van der Waals surface area contributed by atoms with Crippen molar-refractivity contribution in [3.05, 3.63) is 65.7 Å². The smallest absolute Gasteiger partial charge is 0.416 e. The van der Waals surface area contributed by atoms with Crippen LogP contribution >= 0.6 is 0 Å². The third-order valence-electron chi connectivity index (χ3n) is 5.50. The highest BCUT2D eigenvalue weighted by molar-refractivity contribution is 5.94. The topological polar surface area (TPSA) is 70.2 Å². The van der Waals surface area contributed by atoms with Crippen LogP contribution in [-0.4, -0.2) is 42.3 Å². The molecule has 6 nitrogen and oxygen atoms in total. The third kappa shape index (κ3) is 4.87. The van der Waals surface area contributed by atoms with Crippen molar-refractivity contribution in [1.29, 1.82) is 0 Å². The van der Waals surface area contributed by atoms with Crippen LogP contribution < -0.4 is 15.0 Å². The first-order chi connectivity index (χ1) is 15.3. The molecule has 1 atom stereocenters. The number of alkyl halides is 3. The Kier molecular flexibility index (Phi) is 6.07. The second-order valence-electron chi connectivity index (χ2n) is 7.71. The quantitative estimate of drug-likeness (QED) is 0.608. The molecule has 3 aromatic rings. The summed E-state index contributed by atoms with van der Waals surface area (Å²) in [5.74, 6) is 1.02. The van der Waals surface area contributed by atoms with Gasteiger partial charge >= 0.3 is 6.18 Å². The second-order valence-corrected chi connectivity index (χ2v) is 7.71. The first-order valence-electron chi connectivity index (χ1n) is 10.3. The highest BCUT2D eigenvalue weighted by atomic mass is 19.4. The van der Waals surface area contributed by atoms with Crippen molar-refractivity contribution in [1.82, 2.24) is 15.5 Å². The lowest BCUT2D eigenvalue weighted by atomic mass is 10.0. The Bertz CT molecular complexity index is 1080. The SMILES string of the molecule is COc1ccc(-c2cc(N3CCCC(NC(=O)c4cccc(C(F)(F)F)c4)C3)n[nH]2)cc1. The summed E-state index contributed by atoms with van der Waals surface area (Å²) in [6, 6.07) is 13.8. The molecule has 0 radical (unpaired) electrons. The van der Waals surface area contributed by atoms with Crippen molar-refractivity contribution in [2.75, 3.05) is 25.1 Å². The standard InChI is InChI=1S/C23H23F3N4O2/c1-32-19-9-7-15(8-10-19)20-13-21(29-28-20)30-11-3-6-18(14-30)27-22(31)16-4-2-5-17(12-16)23(24,25)26/h2,4-5,7-10,12-13,18H,3,6,11,14H2,1H3,(H,27,31)(H,28,29). The summed E-state index contributed by atoms with van der Waals surface area (Å²) in [4.78, 5) is 14.6. The molecule has 0 spiro atoms. The monoisotopic (exact) mass is 444 g/mol. The maximum absolute atomic E-state index is 12.9. The van der Waals surface area contributed by atoms with Crippen molar-refractivity contribution in [3.8, 4) is 17.0 Å². The summed E-state index contributed by atoms with van der Waals surface area (Å²) >= 11 is 0. The van der Waals surface area contributed by atoms with Crippen LogP contribution in [0.4, 0.5) is 19.0 Å². The Labute approximate surface area is 183 Å². The zero-order chi connectivity index (χ0) is 22.7. The van der Waals surface area contributed by atoms with Gasteiger partial charge in [-0.15, -0.1) is 0 Å². The van der Waals surface area contributed by atoms with E-state index in [1.165, 1.54) is 12.1 Å². The minimum atomic E-state index is -4.49. The van der Waals surface area contributed by atoms with E-state index in [1.807, 2.05) is 30.3 Å². The molecule has 0 aliphatic carbocycles. The number of nitrogens with zero attached hydrogens (tertiary/aromatic N) is 2. The first kappa shape index (κ1) is 21.7. The lowest BCUT2D eigenvalue weighted by molar-refractivity contribution is -0.137. The van der Waals surface area contributed by atoms with Crippen molar-refractivity contribution < 1.29 is 22.7 Å². The van der Waals surface area contributed by atoms with Gasteiger partial charge in [-0.05, 0) is 60.9 Å². The van der Waals surface area contributed by atoms with Gasteiger partial charge in [0.25, 0.3) is 5.91 Å². The van der Waals surface area contributed by atoms with Crippen LogP contribution in [-0.2, 0) is 6.18 Å². The first-order valence-corrected chi connectivity index (χ1v) is 10.3. The lowest BCUT2D eigenvalue weighted by Gasteiger charge is -2.33. The number of ether oxygens (including phenoxy) is 1. The molecule has 1 fully saturated rings. The normalized spacial score (nSPS) is 16.6. The molecule has 1 aromatic heterocycles. The summed E-state index contributed by atoms with van der Waals surface area (Å²) in [6.45, 7) is 1.31. The molecule has 1 aliphatic heterocycles. The Morgan fingerprint density at radius 3 is 2.69 bits per heavy atom. The zero-order valence-electron chi connectivity index (χ0n) is 17.4. The van der Waals surface area contributed by atoms with Gasteiger partial charge in [0.15, 0.2) is 5.82 Å². The molecule has 0 bridgehead atoms. The summed E-state index contributed by atoms with van der Waals surface area (Å²) in [5.41, 5.74) is 0.991. The number of rotatable bonds is 5. The van der Waals surface area contributed by atoms with E-state index in [0.29, 0.717) is 6.54 Å². The van der Waals surface area contributed by atoms with Crippen LogP contribution in [0.3, 0.4) is 0 Å². The molecular formula is C23H23F3N4O2. The molecule has 1 saturated heterocycles. The van der Waals surface area contributed by atoms with Crippen LogP contribution in [0.15, 0.2) is 54.6 Å². The molecule has 2 heterocycles. The van der Waals surface area contributed by atoms with Gasteiger partial charge in [0.2, 0.25) is 0 Å². The van der Waals surface area contributed by atoms with Crippen molar-refractivity contribution in [2.24, 2.45) is 0 Å². The summed E-state index contributed by atoms with van der Waals surface area (Å²) in [7, 11) is 1.61. The number of H-pyrrole nitrogens is 1. The van der Waals surface area contributed by atoms with Crippen molar-refractivity contribution in [3.63, 3.8) is 0 Å². The van der Waals surface area contributed by atoms with E-state index in [0.717, 1.165) is 54.3 Å². The van der Waals surface area contributed by atoms with E-state index < -0.39 is 17.6 Å². The van der Waals surface area contributed by atoms with Crippen LogP contribution in [0, 0.1) is 0 Å². The van der Waals surface area contributed by atoms with Crippen LogP contribution in [0.2, 0.25) is 0 Å². The summed E-state index contributed by atoms with van der Waals surface area (Å²) in [6.07, 6.45) is -2.91. The maximum atomic E-state index is 12.9. The maximum Gasteiger partial charge on any atom is 0.416 e. The Hall–Kier alpha value is -3.49. The average Bonchev–Trinajstić information content (AvgIpc) is 3.29. The number of amides is 1. The predicted molar refractivity (Wildman–Crippen MR) is 115 cm³/mol. The number of methoxy groups -OCH3 is 1. The van der Waals surface area contributed by atoms with Gasteiger partial charge in [-0.3, -0.25) is 9.89 Å². The Balaban J connectivity index is 1.41. The highest BCUT2D eigenvalue weighted by Gasteiger charge is 2.31. The molecule has 2 aromatic carbocycles. The minimum absolute atomic E-state index is 0.00138. The van der Waals surface area contributed by atoms with Gasteiger partial charge in [-0.1, -0.05) is 6.07 Å². The molecule has 4 rings (SSSR count). The number of piperidine rings is 1. The third-order valence-corrected chi connectivity index (χ3v) is 5.50. The largest absolute Gasteiger partial charge is 0.497 e. The number of carbonyl (C=O) groups excluding carboxylic acids is 1. The van der Waals surface area contributed by atoms with E-state index in [1.54, 1.807) is 7.11 Å². The number of anilines is 1.